The van der Waals surface area contributed by atoms with Crippen LogP contribution in [0.2, 0.25) is 0 Å². The van der Waals surface area contributed by atoms with E-state index < -0.39 is 28.3 Å². The molecular weight excluding hydrogens is 450 g/mol. The molecule has 0 aromatic carbocycles. The van der Waals surface area contributed by atoms with Gasteiger partial charge in [-0.15, -0.1) is 0 Å². The molecule has 0 bridgehead atoms. The number of pyridine rings is 1. The Morgan fingerprint density at radius 1 is 1.24 bits per heavy atom. The van der Waals surface area contributed by atoms with E-state index in [1.54, 1.807) is 30.7 Å². The number of anilines is 1. The van der Waals surface area contributed by atoms with E-state index in [2.05, 4.69) is 15.6 Å². The van der Waals surface area contributed by atoms with Gasteiger partial charge in [-0.05, 0) is 39.2 Å². The number of sulfone groups is 1. The number of aromatic nitrogens is 4. The Bertz CT molecular complexity index is 1370. The minimum Gasteiger partial charge on any atom is -0.452 e. The summed E-state index contributed by atoms with van der Waals surface area (Å²) < 4.78 is 35.8. The molecule has 2 fully saturated rings. The molecule has 3 aromatic heterocycles. The number of carbonyl (C=O) groups is 2. The molecule has 2 aliphatic rings. The van der Waals surface area contributed by atoms with Crippen LogP contribution in [0.5, 0.6) is 0 Å². The Hall–Kier alpha value is -3.28. The number of nitrogens with zero attached hydrogens (tertiary/aromatic N) is 4. The number of amides is 1. The topological polar surface area (TPSA) is 146 Å². The number of fused-ring (bicyclic) bond motifs is 1. The van der Waals surface area contributed by atoms with Gasteiger partial charge in [-0.3, -0.25) is 4.79 Å². The van der Waals surface area contributed by atoms with Crippen LogP contribution in [0.3, 0.4) is 0 Å². The van der Waals surface area contributed by atoms with Crippen LogP contribution in [0.25, 0.3) is 11.0 Å². The third-order valence-electron chi connectivity index (χ3n) is 5.86. The van der Waals surface area contributed by atoms with E-state index in [4.69, 9.17) is 14.2 Å². The summed E-state index contributed by atoms with van der Waals surface area (Å²) >= 11 is 0. The Kier molecular flexibility index (Phi) is 5.19. The van der Waals surface area contributed by atoms with Crippen molar-refractivity contribution in [3.8, 4) is 0 Å². The second-order valence-electron chi connectivity index (χ2n) is 8.60. The minimum absolute atomic E-state index is 0.0000284. The molecular formula is C21H23N5O6S. The highest BCUT2D eigenvalue weighted by Crippen LogP contribution is 2.41. The summed E-state index contributed by atoms with van der Waals surface area (Å²) in [7, 11) is -3.12. The number of esters is 1. The average Bonchev–Trinajstić information content (AvgIpc) is 3.33. The molecule has 1 amide bonds. The molecule has 0 spiro atoms. The molecule has 1 atom stereocenters. The maximum Gasteiger partial charge on any atom is 0.339 e. The van der Waals surface area contributed by atoms with Gasteiger partial charge in [-0.1, -0.05) is 5.16 Å². The highest BCUT2D eigenvalue weighted by molar-refractivity contribution is 7.91. The van der Waals surface area contributed by atoms with Crippen LogP contribution in [0, 0.1) is 13.8 Å². The van der Waals surface area contributed by atoms with Crippen molar-refractivity contribution in [1.82, 2.24) is 19.9 Å². The van der Waals surface area contributed by atoms with Crippen LogP contribution in [-0.4, -0.2) is 58.3 Å². The summed E-state index contributed by atoms with van der Waals surface area (Å²) in [6.07, 6.45) is 2.39. The van der Waals surface area contributed by atoms with Gasteiger partial charge in [0.1, 0.15) is 5.76 Å². The second kappa shape index (κ2) is 7.94. The molecule has 174 valence electrons. The normalized spacial score (nSPS) is 19.6. The molecule has 3 aromatic rings. The molecule has 1 saturated heterocycles. The summed E-state index contributed by atoms with van der Waals surface area (Å²) in [6.45, 7) is 2.94. The summed E-state index contributed by atoms with van der Waals surface area (Å²) in [5.74, 6) is -0.0904. The number of ether oxygens (including phenoxy) is 1. The number of hydrogen-bond acceptors (Lipinski definition) is 9. The molecule has 11 nitrogen and oxygen atoms in total. The van der Waals surface area contributed by atoms with Gasteiger partial charge in [-0.25, -0.2) is 22.9 Å². The number of nitrogens with one attached hydrogen (secondary N) is 1. The number of rotatable bonds is 6. The van der Waals surface area contributed by atoms with Crippen LogP contribution in [0.15, 0.2) is 16.7 Å². The van der Waals surface area contributed by atoms with Crippen molar-refractivity contribution < 1.29 is 27.3 Å². The van der Waals surface area contributed by atoms with Gasteiger partial charge in [0.25, 0.3) is 5.91 Å². The smallest absolute Gasteiger partial charge is 0.339 e. The Morgan fingerprint density at radius 2 is 2.03 bits per heavy atom. The van der Waals surface area contributed by atoms with Crippen LogP contribution < -0.4 is 5.32 Å². The van der Waals surface area contributed by atoms with Crippen molar-refractivity contribution in [1.29, 1.82) is 0 Å². The molecule has 0 radical (unpaired) electrons. The molecule has 5 rings (SSSR count). The lowest BCUT2D eigenvalue weighted by atomic mass is 10.1. The quantitative estimate of drug-likeness (QED) is 0.531. The fraction of sp³-hybridized carbons (Fsp3) is 0.476. The van der Waals surface area contributed by atoms with Crippen molar-refractivity contribution in [3.63, 3.8) is 0 Å². The van der Waals surface area contributed by atoms with Crippen molar-refractivity contribution >= 4 is 38.6 Å². The third-order valence-corrected chi connectivity index (χ3v) is 7.61. The third kappa shape index (κ3) is 4.34. The number of carbonyl (C=O) groups excluding carboxylic acids is 2. The summed E-state index contributed by atoms with van der Waals surface area (Å²) in [5, 5.41) is 11.2. The maximum absolute atomic E-state index is 13.0. The monoisotopic (exact) mass is 473 g/mol. The lowest BCUT2D eigenvalue weighted by Gasteiger charge is -2.11. The van der Waals surface area contributed by atoms with Crippen molar-refractivity contribution in [2.24, 2.45) is 0 Å². The maximum atomic E-state index is 13.0. The first-order valence-corrected chi connectivity index (χ1v) is 12.5. The van der Waals surface area contributed by atoms with Crippen molar-refractivity contribution in [2.75, 3.05) is 23.4 Å². The highest BCUT2D eigenvalue weighted by atomic mass is 32.2. The van der Waals surface area contributed by atoms with Gasteiger partial charge in [0.2, 0.25) is 0 Å². The van der Waals surface area contributed by atoms with E-state index in [0.717, 1.165) is 18.5 Å². The van der Waals surface area contributed by atoms with Crippen molar-refractivity contribution in [3.05, 3.63) is 34.8 Å². The Labute approximate surface area is 189 Å². The zero-order chi connectivity index (χ0) is 23.3. The highest BCUT2D eigenvalue weighted by Gasteiger charge is 2.34. The predicted octanol–water partition coefficient (Wildman–Crippen LogP) is 2.07. The van der Waals surface area contributed by atoms with E-state index in [9.17, 15) is 18.0 Å². The van der Waals surface area contributed by atoms with Crippen molar-refractivity contribution in [2.45, 2.75) is 45.1 Å². The zero-order valence-electron chi connectivity index (χ0n) is 18.2. The lowest BCUT2D eigenvalue weighted by Crippen LogP contribution is -2.21. The molecule has 33 heavy (non-hydrogen) atoms. The fourth-order valence-corrected chi connectivity index (χ4v) is 5.81. The largest absolute Gasteiger partial charge is 0.452 e. The molecule has 12 heteroatoms. The number of aryl methyl sites for hydroxylation is 2. The van der Waals surface area contributed by atoms with Crippen LogP contribution >= 0.6 is 0 Å². The first-order valence-electron chi connectivity index (χ1n) is 10.7. The average molecular weight is 474 g/mol. The first-order chi connectivity index (χ1) is 15.7. The molecule has 1 aliphatic heterocycles. The Balaban J connectivity index is 1.43. The zero-order valence-corrected chi connectivity index (χ0v) is 19.0. The summed E-state index contributed by atoms with van der Waals surface area (Å²) in [6, 6.07) is 2.93. The van der Waals surface area contributed by atoms with Crippen LogP contribution in [0.1, 0.15) is 58.7 Å². The van der Waals surface area contributed by atoms with Gasteiger partial charge in [0, 0.05) is 17.7 Å². The first kappa shape index (κ1) is 21.6. The van der Waals surface area contributed by atoms with E-state index in [-0.39, 0.29) is 34.8 Å². The fourth-order valence-electron chi connectivity index (χ4n) is 4.12. The van der Waals surface area contributed by atoms with Crippen LogP contribution in [-0.2, 0) is 19.4 Å². The molecule has 0 unspecified atom stereocenters. The molecule has 4 heterocycles. The molecule has 1 N–H and O–H groups in total. The van der Waals surface area contributed by atoms with E-state index in [1.807, 2.05) is 0 Å². The van der Waals surface area contributed by atoms with E-state index in [0.29, 0.717) is 28.9 Å². The standard InChI is InChI=1S/C21H23N5O6S/c1-11-7-17(25-32-11)23-18(27)9-31-21(28)15-8-16(13-3-4-13)22-20-19(15)12(2)24-26(20)14-5-6-33(29,30)10-14/h7-8,13-14H,3-6,9-10H2,1-2H3,(H,23,25,27)/t14-/m1/s1. The lowest BCUT2D eigenvalue weighted by molar-refractivity contribution is -0.119. The number of hydrogen-bond donors (Lipinski definition) is 1. The van der Waals surface area contributed by atoms with E-state index in [1.165, 1.54) is 0 Å². The molecule has 1 saturated carbocycles. The SMILES string of the molecule is Cc1cc(NC(=O)COC(=O)c2cc(C3CC3)nc3c2c(C)nn3[C@@H]2CCS(=O)(=O)C2)no1. The van der Waals surface area contributed by atoms with Gasteiger partial charge in [-0.2, -0.15) is 5.10 Å². The molecule has 1 aliphatic carbocycles. The predicted molar refractivity (Wildman–Crippen MR) is 117 cm³/mol. The van der Waals surface area contributed by atoms with Gasteiger partial charge < -0.3 is 14.6 Å². The van der Waals surface area contributed by atoms with Gasteiger partial charge in [0.15, 0.2) is 27.9 Å². The summed E-state index contributed by atoms with van der Waals surface area (Å²) in [5.41, 5.74) is 2.06. The second-order valence-corrected chi connectivity index (χ2v) is 10.8. The minimum atomic E-state index is -3.12. The van der Waals surface area contributed by atoms with Crippen LogP contribution in [0.4, 0.5) is 5.82 Å². The van der Waals surface area contributed by atoms with E-state index >= 15 is 0 Å². The Morgan fingerprint density at radius 3 is 2.67 bits per heavy atom. The summed E-state index contributed by atoms with van der Waals surface area (Å²) in [4.78, 5) is 29.9. The van der Waals surface area contributed by atoms with Gasteiger partial charge >= 0.3 is 5.97 Å². The van der Waals surface area contributed by atoms with Gasteiger partial charge in [0.05, 0.1) is 34.2 Å².